The molecule has 1 aliphatic heterocycles. The highest BCUT2D eigenvalue weighted by molar-refractivity contribution is 7.98. The summed E-state index contributed by atoms with van der Waals surface area (Å²) in [4.78, 5) is 26.8. The summed E-state index contributed by atoms with van der Waals surface area (Å²) in [6.07, 6.45) is 3.93. The Kier molecular flexibility index (Phi) is 8.90. The highest BCUT2D eigenvalue weighted by Gasteiger charge is 2.29. The Morgan fingerprint density at radius 3 is 2.64 bits per heavy atom. The third-order valence-corrected chi connectivity index (χ3v) is 7.68. The van der Waals surface area contributed by atoms with Gasteiger partial charge in [0.2, 0.25) is 21.8 Å². The fraction of sp³-hybridized carbons (Fsp3) is 0.391. The second-order valence-corrected chi connectivity index (χ2v) is 10.7. The number of primary amides is 1. The predicted octanol–water partition coefficient (Wildman–Crippen LogP) is 2.17. The van der Waals surface area contributed by atoms with Gasteiger partial charge in [-0.1, -0.05) is 30.3 Å². The molecule has 1 aliphatic rings. The number of hydrogen-bond acceptors (Lipinski definition) is 6. The summed E-state index contributed by atoms with van der Waals surface area (Å²) in [7, 11) is -3.84. The Hall–Kier alpha value is -2.40. The van der Waals surface area contributed by atoms with E-state index in [4.69, 9.17) is 5.73 Å². The third kappa shape index (κ3) is 7.04. The number of likely N-dealkylation sites (tertiary alicyclic amines) is 1. The number of anilines is 1. The summed E-state index contributed by atoms with van der Waals surface area (Å²) >= 11 is 1.54. The van der Waals surface area contributed by atoms with Crippen LogP contribution in [-0.2, 0) is 26.2 Å². The van der Waals surface area contributed by atoms with E-state index in [-0.39, 0.29) is 16.8 Å². The molecule has 3 rings (SSSR count). The van der Waals surface area contributed by atoms with E-state index in [1.54, 1.807) is 36.0 Å². The first-order valence-corrected chi connectivity index (χ1v) is 13.7. The van der Waals surface area contributed by atoms with Crippen LogP contribution in [0.4, 0.5) is 5.69 Å². The molecule has 2 amide bonds. The van der Waals surface area contributed by atoms with Gasteiger partial charge in [-0.15, -0.1) is 0 Å². The van der Waals surface area contributed by atoms with Crippen LogP contribution in [0, 0.1) is 0 Å². The molecule has 0 radical (unpaired) electrons. The van der Waals surface area contributed by atoms with Crippen molar-refractivity contribution >= 4 is 39.3 Å². The summed E-state index contributed by atoms with van der Waals surface area (Å²) in [6.45, 7) is 1.34. The van der Waals surface area contributed by atoms with Crippen LogP contribution in [-0.4, -0.2) is 55.8 Å². The van der Waals surface area contributed by atoms with Crippen molar-refractivity contribution < 1.29 is 18.0 Å². The van der Waals surface area contributed by atoms with E-state index >= 15 is 0 Å². The summed E-state index contributed by atoms with van der Waals surface area (Å²) < 4.78 is 28.1. The van der Waals surface area contributed by atoms with Gasteiger partial charge in [0.05, 0.1) is 10.9 Å². The summed E-state index contributed by atoms with van der Waals surface area (Å²) in [5.41, 5.74) is 7.01. The van der Waals surface area contributed by atoms with Crippen molar-refractivity contribution in [2.24, 2.45) is 5.73 Å². The minimum atomic E-state index is -3.84. The van der Waals surface area contributed by atoms with Gasteiger partial charge >= 0.3 is 0 Å². The molecular formula is C23H30N4O4S2. The van der Waals surface area contributed by atoms with Gasteiger partial charge in [-0.25, -0.2) is 8.42 Å². The van der Waals surface area contributed by atoms with Gasteiger partial charge in [-0.2, -0.15) is 16.5 Å². The van der Waals surface area contributed by atoms with Crippen LogP contribution in [0.2, 0.25) is 0 Å². The molecule has 1 saturated heterocycles. The molecule has 2 unspecified atom stereocenters. The lowest BCUT2D eigenvalue weighted by Crippen LogP contribution is -2.44. The van der Waals surface area contributed by atoms with Gasteiger partial charge in [0.1, 0.15) is 6.04 Å². The van der Waals surface area contributed by atoms with Crippen LogP contribution >= 0.6 is 11.8 Å². The molecule has 10 heteroatoms. The van der Waals surface area contributed by atoms with E-state index in [9.17, 15) is 18.0 Å². The van der Waals surface area contributed by atoms with Crippen LogP contribution in [0.1, 0.15) is 24.8 Å². The third-order valence-electron chi connectivity index (χ3n) is 5.55. The SMILES string of the molecule is CSCCC(NS(=O)(=O)c1ccccc1)C(=O)Nc1cccc(CN2CCCC2C(N)=O)c1. The number of carbonyl (C=O) groups is 2. The van der Waals surface area contributed by atoms with Crippen LogP contribution in [0.15, 0.2) is 59.5 Å². The molecule has 2 aromatic carbocycles. The smallest absolute Gasteiger partial charge is 0.242 e. The van der Waals surface area contributed by atoms with E-state index in [0.29, 0.717) is 24.4 Å². The molecular weight excluding hydrogens is 460 g/mol. The normalized spacial score (nSPS) is 17.5. The highest BCUT2D eigenvalue weighted by atomic mass is 32.2. The van der Waals surface area contributed by atoms with Crippen molar-refractivity contribution in [3.8, 4) is 0 Å². The number of amides is 2. The average Bonchev–Trinajstić information content (AvgIpc) is 3.26. The van der Waals surface area contributed by atoms with Crippen LogP contribution < -0.4 is 15.8 Å². The van der Waals surface area contributed by atoms with Crippen molar-refractivity contribution in [2.45, 2.75) is 42.8 Å². The second-order valence-electron chi connectivity index (χ2n) is 7.99. The average molecular weight is 491 g/mol. The number of benzene rings is 2. The molecule has 8 nitrogen and oxygen atoms in total. The van der Waals surface area contributed by atoms with Gasteiger partial charge in [0.15, 0.2) is 0 Å². The van der Waals surface area contributed by atoms with Crippen LogP contribution in [0.25, 0.3) is 0 Å². The molecule has 0 saturated carbocycles. The number of hydrogen-bond donors (Lipinski definition) is 3. The zero-order valence-corrected chi connectivity index (χ0v) is 20.2. The number of nitrogens with two attached hydrogens (primary N) is 1. The molecule has 178 valence electrons. The number of thioether (sulfide) groups is 1. The Morgan fingerprint density at radius 2 is 1.94 bits per heavy atom. The molecule has 0 spiro atoms. The zero-order valence-electron chi connectivity index (χ0n) is 18.6. The number of rotatable bonds is 11. The second kappa shape index (κ2) is 11.6. The lowest BCUT2D eigenvalue weighted by Gasteiger charge is -2.22. The van der Waals surface area contributed by atoms with Crippen molar-refractivity contribution in [1.29, 1.82) is 0 Å². The maximum Gasteiger partial charge on any atom is 0.242 e. The topological polar surface area (TPSA) is 122 Å². The molecule has 4 N–H and O–H groups in total. The van der Waals surface area contributed by atoms with Gasteiger partial charge in [0.25, 0.3) is 0 Å². The molecule has 1 fully saturated rings. The minimum Gasteiger partial charge on any atom is -0.368 e. The fourth-order valence-electron chi connectivity index (χ4n) is 3.88. The summed E-state index contributed by atoms with van der Waals surface area (Å²) in [5.74, 6) is -0.116. The maximum absolute atomic E-state index is 13.0. The van der Waals surface area contributed by atoms with Gasteiger partial charge in [-0.05, 0) is 67.6 Å². The standard InChI is InChI=1S/C23H30N4O4S2/c1-32-14-12-20(26-33(30,31)19-9-3-2-4-10-19)23(29)25-18-8-5-7-17(15-18)16-27-13-6-11-21(27)22(24)28/h2-5,7-10,15,20-21,26H,6,11-14,16H2,1H3,(H2,24,28)(H,25,29). The van der Waals surface area contributed by atoms with Crippen molar-refractivity contribution in [3.63, 3.8) is 0 Å². The Bertz CT molecular complexity index is 1060. The van der Waals surface area contributed by atoms with Gasteiger partial charge in [-0.3, -0.25) is 14.5 Å². The lowest BCUT2D eigenvalue weighted by atomic mass is 10.1. The van der Waals surface area contributed by atoms with Crippen molar-refractivity contribution in [3.05, 3.63) is 60.2 Å². The molecule has 0 aliphatic carbocycles. The van der Waals surface area contributed by atoms with Crippen LogP contribution in [0.3, 0.4) is 0 Å². The van der Waals surface area contributed by atoms with E-state index in [1.165, 1.54) is 12.1 Å². The van der Waals surface area contributed by atoms with Crippen LogP contribution in [0.5, 0.6) is 0 Å². The quantitative estimate of drug-likeness (QED) is 0.444. The Morgan fingerprint density at radius 1 is 1.18 bits per heavy atom. The maximum atomic E-state index is 13.0. The van der Waals surface area contributed by atoms with E-state index in [0.717, 1.165) is 24.9 Å². The Balaban J connectivity index is 1.70. The van der Waals surface area contributed by atoms with Gasteiger partial charge < -0.3 is 11.1 Å². The highest BCUT2D eigenvalue weighted by Crippen LogP contribution is 2.21. The number of carbonyl (C=O) groups excluding carboxylic acids is 2. The first-order valence-electron chi connectivity index (χ1n) is 10.8. The molecule has 2 atom stereocenters. The minimum absolute atomic E-state index is 0.114. The van der Waals surface area contributed by atoms with Crippen molar-refractivity contribution in [1.82, 2.24) is 9.62 Å². The monoisotopic (exact) mass is 490 g/mol. The first-order chi connectivity index (χ1) is 15.8. The van der Waals surface area contributed by atoms with E-state index in [2.05, 4.69) is 10.0 Å². The predicted molar refractivity (Wildman–Crippen MR) is 131 cm³/mol. The molecule has 2 aromatic rings. The van der Waals surface area contributed by atoms with E-state index in [1.807, 2.05) is 29.4 Å². The number of nitrogens with zero attached hydrogens (tertiary/aromatic N) is 1. The van der Waals surface area contributed by atoms with E-state index < -0.39 is 22.0 Å². The number of sulfonamides is 1. The zero-order chi connectivity index (χ0) is 23.8. The van der Waals surface area contributed by atoms with Gasteiger partial charge in [0, 0.05) is 12.2 Å². The molecule has 1 heterocycles. The number of nitrogens with one attached hydrogen (secondary N) is 2. The summed E-state index contributed by atoms with van der Waals surface area (Å²) in [5, 5.41) is 2.84. The fourth-order valence-corrected chi connectivity index (χ4v) is 5.61. The molecule has 0 aromatic heterocycles. The molecule has 0 bridgehead atoms. The first kappa shape index (κ1) is 25.2. The summed E-state index contributed by atoms with van der Waals surface area (Å²) in [6, 6.07) is 14.2. The lowest BCUT2D eigenvalue weighted by molar-refractivity contribution is -0.122. The largest absolute Gasteiger partial charge is 0.368 e. The Labute approximate surface area is 199 Å². The van der Waals surface area contributed by atoms with Crippen molar-refractivity contribution in [2.75, 3.05) is 23.9 Å². The molecule has 33 heavy (non-hydrogen) atoms.